The van der Waals surface area contributed by atoms with E-state index in [0.29, 0.717) is 5.69 Å². The first-order valence-corrected chi connectivity index (χ1v) is 6.42. The Morgan fingerprint density at radius 3 is 2.33 bits per heavy atom. The van der Waals surface area contributed by atoms with Gasteiger partial charge in [0.05, 0.1) is 0 Å². The van der Waals surface area contributed by atoms with Gasteiger partial charge in [-0.05, 0) is 18.0 Å². The van der Waals surface area contributed by atoms with Gasteiger partial charge in [-0.25, -0.2) is 0 Å². The molecule has 1 N–H and O–H groups in total. The molecule has 0 bridgehead atoms. The summed E-state index contributed by atoms with van der Waals surface area (Å²) >= 11 is 0. The minimum atomic E-state index is -1.05. The van der Waals surface area contributed by atoms with Crippen LogP contribution >= 0.6 is 0 Å². The number of rotatable bonds is 2. The van der Waals surface area contributed by atoms with Crippen molar-refractivity contribution in [3.05, 3.63) is 84.3 Å². The zero-order valence-corrected chi connectivity index (χ0v) is 14.4. The number of aromatic carboxylic acids is 1. The second kappa shape index (κ2) is 9.60. The van der Waals surface area contributed by atoms with Crippen LogP contribution in [0.25, 0.3) is 11.3 Å². The van der Waals surface area contributed by atoms with Gasteiger partial charge in [-0.1, -0.05) is 23.8 Å². The predicted octanol–water partition coefficient (Wildman–Crippen LogP) is 3.40. The molecule has 0 amide bonds. The Balaban J connectivity index is 0.000000252. The molecule has 3 rings (SSSR count). The Morgan fingerprint density at radius 1 is 1.08 bits per heavy atom. The van der Waals surface area contributed by atoms with Crippen molar-refractivity contribution in [2.45, 2.75) is 0 Å². The van der Waals surface area contributed by atoms with Crippen LogP contribution in [-0.4, -0.2) is 21.0 Å². The number of nitrogens with zero attached hydrogens (tertiary/aromatic N) is 2. The van der Waals surface area contributed by atoms with Crippen molar-refractivity contribution in [2.24, 2.45) is 0 Å². The molecule has 0 unspecified atom stereocenters. The zero-order chi connectivity index (χ0) is 16.7. The number of hydrogen-bond acceptors (Lipinski definition) is 3. The van der Waals surface area contributed by atoms with Crippen LogP contribution < -0.4 is 0 Å². The molecule has 3 aromatic rings. The van der Waals surface area contributed by atoms with Gasteiger partial charge in [-0.3, -0.25) is 13.8 Å². The van der Waals surface area contributed by atoms with Crippen LogP contribution in [0.1, 0.15) is 10.5 Å². The molecule has 0 aliphatic heterocycles. The molecular weight excluding hydrogens is 494 g/mol. The summed E-state index contributed by atoms with van der Waals surface area (Å²) in [6.07, 6.45) is 2.96. The first kappa shape index (κ1) is 19.5. The average Bonchev–Trinajstić information content (AvgIpc) is 2.57. The molecule has 4 nitrogen and oxygen atoms in total. The fourth-order valence-corrected chi connectivity index (χ4v) is 1.59. The van der Waals surface area contributed by atoms with Gasteiger partial charge in [-0.15, -0.1) is 24.3 Å². The maximum absolute atomic E-state index is 13.2. The molecule has 0 atom stereocenters. The van der Waals surface area contributed by atoms with Crippen LogP contribution in [0.2, 0.25) is 0 Å². The molecule has 0 aliphatic rings. The van der Waals surface area contributed by atoms with E-state index in [2.05, 4.69) is 22.1 Å². The van der Waals surface area contributed by atoms with Crippen molar-refractivity contribution in [2.75, 3.05) is 0 Å². The van der Waals surface area contributed by atoms with Crippen molar-refractivity contribution >= 4 is 5.97 Å². The quantitative estimate of drug-likeness (QED) is 0.544. The van der Waals surface area contributed by atoms with Gasteiger partial charge in [0, 0.05) is 43.6 Å². The standard InChI is InChI=1S/C11H6F2N.C6H4NO2.Ir/c12-8-4-5-9(10(13)7-8)11-3-1-2-6-14-11;8-6(9)5-3-1-2-4-7-5;/h1-4,6-7H;1-2,4H,(H,8,9);/q2*-1;. The summed E-state index contributed by atoms with van der Waals surface area (Å²) in [7, 11) is 0. The summed E-state index contributed by atoms with van der Waals surface area (Å²) in [5.74, 6) is -2.33. The number of carboxylic acid groups (broad SMARTS) is 1. The number of aromatic nitrogens is 2. The maximum atomic E-state index is 13.2. The van der Waals surface area contributed by atoms with Crippen molar-refractivity contribution in [1.29, 1.82) is 0 Å². The van der Waals surface area contributed by atoms with Crippen LogP contribution in [0.4, 0.5) is 8.78 Å². The van der Waals surface area contributed by atoms with Gasteiger partial charge in [0.25, 0.3) is 0 Å². The van der Waals surface area contributed by atoms with E-state index in [9.17, 15) is 13.6 Å². The number of carboxylic acids is 1. The van der Waals surface area contributed by atoms with Gasteiger partial charge < -0.3 is 14.9 Å². The molecule has 0 spiro atoms. The minimum absolute atomic E-state index is 0. The number of hydrogen-bond donors (Lipinski definition) is 1. The van der Waals surface area contributed by atoms with Crippen LogP contribution in [0.3, 0.4) is 0 Å². The Bertz CT molecular complexity index is 787. The number of pyridine rings is 2. The summed E-state index contributed by atoms with van der Waals surface area (Å²) in [5, 5.41) is 8.29. The van der Waals surface area contributed by atoms with Crippen LogP contribution in [0.15, 0.2) is 54.9 Å². The van der Waals surface area contributed by atoms with E-state index < -0.39 is 17.6 Å². The predicted molar refractivity (Wildman–Crippen MR) is 78.5 cm³/mol. The van der Waals surface area contributed by atoms with Crippen LogP contribution in [-0.2, 0) is 20.1 Å². The Hall–Kier alpha value is -2.50. The van der Waals surface area contributed by atoms with E-state index in [0.717, 1.165) is 12.1 Å². The number of halogens is 2. The summed E-state index contributed by atoms with van der Waals surface area (Å²) in [4.78, 5) is 17.6. The second-order valence-corrected chi connectivity index (χ2v) is 4.19. The average molecular weight is 504 g/mol. The summed E-state index contributed by atoms with van der Waals surface area (Å²) < 4.78 is 25.8. The summed E-state index contributed by atoms with van der Waals surface area (Å²) in [6, 6.07) is 15.1. The molecule has 125 valence electrons. The van der Waals surface area contributed by atoms with Gasteiger partial charge in [-0.2, -0.15) is 6.07 Å². The van der Waals surface area contributed by atoms with Gasteiger partial charge in [0.2, 0.25) is 5.97 Å². The molecule has 2 aromatic heterocycles. The molecule has 24 heavy (non-hydrogen) atoms. The molecular formula is C17H10F2IrN2O2-2. The smallest absolute Gasteiger partial charge is 0.247 e. The SMILES string of the molecule is Fc1c[c-]c(-c2ccccn2)c(F)c1.O=C(O)c1[c-]cccn1.[Ir]. The van der Waals surface area contributed by atoms with Crippen molar-refractivity contribution < 1.29 is 38.8 Å². The topological polar surface area (TPSA) is 63.1 Å². The zero-order valence-electron chi connectivity index (χ0n) is 12.0. The van der Waals surface area contributed by atoms with Crippen molar-refractivity contribution in [3.63, 3.8) is 0 Å². The third-order valence-electron chi connectivity index (χ3n) is 2.59. The van der Waals surface area contributed by atoms with E-state index in [1.165, 1.54) is 12.3 Å². The van der Waals surface area contributed by atoms with E-state index >= 15 is 0 Å². The fourth-order valence-electron chi connectivity index (χ4n) is 1.59. The maximum Gasteiger partial charge on any atom is 0.247 e. The van der Waals surface area contributed by atoms with Gasteiger partial charge in [0.15, 0.2) is 0 Å². The van der Waals surface area contributed by atoms with E-state index in [1.54, 1.807) is 30.5 Å². The van der Waals surface area contributed by atoms with Gasteiger partial charge >= 0.3 is 0 Å². The third-order valence-corrected chi connectivity index (χ3v) is 2.59. The monoisotopic (exact) mass is 505 g/mol. The normalized spacial score (nSPS) is 9.25. The molecule has 0 saturated carbocycles. The Morgan fingerprint density at radius 2 is 1.83 bits per heavy atom. The molecule has 2 heterocycles. The molecule has 0 saturated heterocycles. The summed E-state index contributed by atoms with van der Waals surface area (Å²) in [5.41, 5.74) is 0.592. The van der Waals surface area contributed by atoms with Crippen LogP contribution in [0.5, 0.6) is 0 Å². The molecule has 0 aliphatic carbocycles. The summed E-state index contributed by atoms with van der Waals surface area (Å²) in [6.45, 7) is 0. The Kier molecular flexibility index (Phi) is 7.82. The third kappa shape index (κ3) is 5.61. The second-order valence-electron chi connectivity index (χ2n) is 4.19. The molecule has 1 aromatic carbocycles. The molecule has 1 radical (unpaired) electrons. The number of carbonyl (C=O) groups is 1. The fraction of sp³-hybridized carbons (Fsp3) is 0. The number of benzene rings is 1. The van der Waals surface area contributed by atoms with E-state index in [-0.39, 0.29) is 31.4 Å². The van der Waals surface area contributed by atoms with Gasteiger partial charge in [0.1, 0.15) is 0 Å². The van der Waals surface area contributed by atoms with Crippen LogP contribution in [0, 0.1) is 23.8 Å². The first-order valence-electron chi connectivity index (χ1n) is 6.42. The minimum Gasteiger partial charge on any atom is -0.533 e. The molecule has 7 heteroatoms. The van der Waals surface area contributed by atoms with E-state index in [1.807, 2.05) is 0 Å². The van der Waals surface area contributed by atoms with Crippen molar-refractivity contribution in [1.82, 2.24) is 9.97 Å². The van der Waals surface area contributed by atoms with Crippen molar-refractivity contribution in [3.8, 4) is 11.3 Å². The molecule has 0 fully saturated rings. The van der Waals surface area contributed by atoms with E-state index in [4.69, 9.17) is 5.11 Å². The first-order chi connectivity index (χ1) is 11.1. The Labute approximate surface area is 150 Å². The largest absolute Gasteiger partial charge is 0.533 e.